The maximum Gasteiger partial charge on any atom is 0.230 e. The number of halogens is 1. The van der Waals surface area contributed by atoms with Crippen LogP contribution < -0.4 is 10.2 Å². The van der Waals surface area contributed by atoms with Crippen LogP contribution in [0.5, 0.6) is 0 Å². The summed E-state index contributed by atoms with van der Waals surface area (Å²) in [4.78, 5) is 22.9. The molecule has 9 heteroatoms. The van der Waals surface area contributed by atoms with E-state index in [-0.39, 0.29) is 17.7 Å². The van der Waals surface area contributed by atoms with Gasteiger partial charge in [-0.15, -0.1) is 0 Å². The minimum atomic E-state index is -0.418. The van der Waals surface area contributed by atoms with Crippen LogP contribution in [0.25, 0.3) is 0 Å². The zero-order chi connectivity index (χ0) is 18.6. The lowest BCUT2D eigenvalue weighted by Crippen LogP contribution is -2.45. The number of hydrogen-bond acceptors (Lipinski definition) is 7. The number of nitrogens with zero attached hydrogens (tertiary/aromatic N) is 3. The van der Waals surface area contributed by atoms with Gasteiger partial charge >= 0.3 is 0 Å². The van der Waals surface area contributed by atoms with Gasteiger partial charge in [0, 0.05) is 38.0 Å². The summed E-state index contributed by atoms with van der Waals surface area (Å²) < 4.78 is 11.5. The van der Waals surface area contributed by atoms with Gasteiger partial charge in [0.2, 0.25) is 5.91 Å². The molecule has 0 aromatic carbocycles. The fourth-order valence-corrected chi connectivity index (χ4v) is 3.92. The van der Waals surface area contributed by atoms with E-state index < -0.39 is 5.79 Å². The van der Waals surface area contributed by atoms with Crippen LogP contribution in [0.3, 0.4) is 0 Å². The maximum atomic E-state index is 11.9. The molecule has 26 heavy (non-hydrogen) atoms. The van der Waals surface area contributed by atoms with Crippen molar-refractivity contribution in [1.29, 1.82) is 0 Å². The second-order valence-corrected chi connectivity index (χ2v) is 7.92. The van der Waals surface area contributed by atoms with E-state index in [0.29, 0.717) is 23.5 Å². The van der Waals surface area contributed by atoms with E-state index in [1.807, 2.05) is 13.8 Å². The molecule has 1 atom stereocenters. The number of aromatic nitrogens is 2. The van der Waals surface area contributed by atoms with Crippen LogP contribution >= 0.6 is 23.4 Å². The summed E-state index contributed by atoms with van der Waals surface area (Å²) in [5.41, 5.74) is 0. The van der Waals surface area contributed by atoms with Gasteiger partial charge in [0.1, 0.15) is 11.0 Å². The molecule has 0 saturated carbocycles. The highest BCUT2D eigenvalue weighted by Gasteiger charge is 2.40. The zero-order valence-corrected chi connectivity index (χ0v) is 16.7. The molecule has 0 radical (unpaired) electrons. The predicted molar refractivity (Wildman–Crippen MR) is 102 cm³/mol. The lowest BCUT2D eigenvalue weighted by molar-refractivity contribution is -0.169. The second-order valence-electron chi connectivity index (χ2n) is 6.59. The molecule has 3 heterocycles. The summed E-state index contributed by atoms with van der Waals surface area (Å²) in [6.07, 6.45) is 2.50. The molecule has 1 unspecified atom stereocenters. The predicted octanol–water partition coefficient (Wildman–Crippen LogP) is 2.48. The van der Waals surface area contributed by atoms with Crippen molar-refractivity contribution in [3.63, 3.8) is 0 Å². The first-order valence-electron chi connectivity index (χ1n) is 8.99. The molecule has 2 aliphatic rings. The fourth-order valence-electron chi connectivity index (χ4n) is 3.02. The molecule has 1 aromatic rings. The van der Waals surface area contributed by atoms with Gasteiger partial charge < -0.3 is 19.7 Å². The minimum Gasteiger partial charge on any atom is -0.356 e. The number of hydrogen-bond donors (Lipinski definition) is 1. The van der Waals surface area contributed by atoms with Crippen LogP contribution in [0.2, 0.25) is 5.15 Å². The van der Waals surface area contributed by atoms with Crippen LogP contribution in [-0.4, -0.2) is 59.8 Å². The lowest BCUT2D eigenvalue weighted by atomic mass is 10.0. The van der Waals surface area contributed by atoms with Crippen molar-refractivity contribution in [2.75, 3.05) is 37.0 Å². The fraction of sp³-hybridized carbons (Fsp3) is 0.706. The molecule has 1 spiro atoms. The third-order valence-electron chi connectivity index (χ3n) is 4.68. The molecule has 144 valence electrons. The smallest absolute Gasteiger partial charge is 0.230 e. The molecule has 3 rings (SSSR count). The summed E-state index contributed by atoms with van der Waals surface area (Å²) in [5.74, 6) is 0.612. The number of thioether (sulfide) groups is 1. The second kappa shape index (κ2) is 8.73. The third-order valence-corrected chi connectivity index (χ3v) is 5.72. The molecule has 0 aliphatic carbocycles. The Balaban J connectivity index is 1.58. The first-order valence-corrected chi connectivity index (χ1v) is 10.4. The van der Waals surface area contributed by atoms with Crippen LogP contribution in [-0.2, 0) is 14.3 Å². The van der Waals surface area contributed by atoms with Gasteiger partial charge in [-0.1, -0.05) is 30.3 Å². The summed E-state index contributed by atoms with van der Waals surface area (Å²) in [7, 11) is 0. The van der Waals surface area contributed by atoms with Crippen molar-refractivity contribution in [2.45, 2.75) is 50.1 Å². The molecule has 7 nitrogen and oxygen atoms in total. The van der Waals surface area contributed by atoms with Crippen molar-refractivity contribution >= 4 is 35.1 Å². The van der Waals surface area contributed by atoms with E-state index in [0.717, 1.165) is 38.2 Å². The van der Waals surface area contributed by atoms with Crippen molar-refractivity contribution in [1.82, 2.24) is 15.3 Å². The molecule has 0 bridgehead atoms. The number of carbonyl (C=O) groups is 1. The minimum absolute atomic E-state index is 0.0232. The number of piperidine rings is 1. The molecular weight excluding hydrogens is 376 g/mol. The number of anilines is 1. The molecular formula is C17H25ClN4O3S. The van der Waals surface area contributed by atoms with Gasteiger partial charge in [0.15, 0.2) is 10.9 Å². The normalized spacial score (nSPS) is 20.3. The first-order chi connectivity index (χ1) is 12.5. The largest absolute Gasteiger partial charge is 0.356 e. The molecule has 2 fully saturated rings. The Hall–Kier alpha value is -1.09. The topological polar surface area (TPSA) is 76.6 Å². The Bertz CT molecular complexity index is 632. The van der Waals surface area contributed by atoms with Crippen molar-refractivity contribution in [2.24, 2.45) is 0 Å². The molecule has 2 saturated heterocycles. The molecule has 1 N–H and O–H groups in total. The third kappa shape index (κ3) is 5.00. The average Bonchev–Trinajstić information content (AvgIpc) is 3.08. The Morgan fingerprint density at radius 2 is 2.08 bits per heavy atom. The summed E-state index contributed by atoms with van der Waals surface area (Å²) in [6, 6.07) is 1.93. The Morgan fingerprint density at radius 1 is 1.38 bits per heavy atom. The quantitative estimate of drug-likeness (QED) is 0.446. The van der Waals surface area contributed by atoms with E-state index in [1.54, 1.807) is 6.07 Å². The summed E-state index contributed by atoms with van der Waals surface area (Å²) >= 11 is 7.47. The van der Waals surface area contributed by atoms with Gasteiger partial charge in [-0.25, -0.2) is 9.97 Å². The van der Waals surface area contributed by atoms with Gasteiger partial charge in [-0.05, 0) is 13.3 Å². The highest BCUT2D eigenvalue weighted by Crippen LogP contribution is 2.33. The number of rotatable bonds is 6. The Labute approximate surface area is 163 Å². The maximum absolute atomic E-state index is 11.9. The van der Waals surface area contributed by atoms with E-state index in [9.17, 15) is 4.79 Å². The summed E-state index contributed by atoms with van der Waals surface area (Å²) in [6.45, 7) is 6.92. The van der Waals surface area contributed by atoms with Gasteiger partial charge in [0.25, 0.3) is 0 Å². The average molecular weight is 401 g/mol. The highest BCUT2D eigenvalue weighted by molar-refractivity contribution is 7.99. The van der Waals surface area contributed by atoms with Gasteiger partial charge in [-0.2, -0.15) is 0 Å². The molecule has 1 amide bonds. The molecule has 1 aromatic heterocycles. The van der Waals surface area contributed by atoms with E-state index in [1.165, 1.54) is 11.8 Å². The SMILES string of the molecule is CCC(C)NC(=O)CSc1nc(Cl)cc(N2CCC3(CC2)OCCO3)n1. The number of ether oxygens (including phenoxy) is 2. The number of amides is 1. The van der Waals surface area contributed by atoms with Crippen LogP contribution in [0.4, 0.5) is 5.82 Å². The van der Waals surface area contributed by atoms with E-state index in [4.69, 9.17) is 21.1 Å². The number of nitrogens with one attached hydrogen (secondary N) is 1. The highest BCUT2D eigenvalue weighted by atomic mass is 35.5. The lowest BCUT2D eigenvalue weighted by Gasteiger charge is -2.38. The van der Waals surface area contributed by atoms with Gasteiger partial charge in [0.05, 0.1) is 19.0 Å². The van der Waals surface area contributed by atoms with Crippen LogP contribution in [0, 0.1) is 0 Å². The van der Waals surface area contributed by atoms with E-state index >= 15 is 0 Å². The first kappa shape index (κ1) is 19.7. The van der Waals surface area contributed by atoms with Gasteiger partial charge in [-0.3, -0.25) is 4.79 Å². The Morgan fingerprint density at radius 3 is 2.73 bits per heavy atom. The molecule has 2 aliphatic heterocycles. The zero-order valence-electron chi connectivity index (χ0n) is 15.2. The van der Waals surface area contributed by atoms with Crippen LogP contribution in [0.1, 0.15) is 33.1 Å². The summed E-state index contributed by atoms with van der Waals surface area (Å²) in [5, 5.41) is 3.83. The monoisotopic (exact) mass is 400 g/mol. The van der Waals surface area contributed by atoms with Crippen molar-refractivity contribution in [3.05, 3.63) is 11.2 Å². The van der Waals surface area contributed by atoms with E-state index in [2.05, 4.69) is 20.2 Å². The standard InChI is InChI=1S/C17H25ClN4O3S/c1-3-12(2)19-15(23)11-26-16-20-13(18)10-14(21-16)22-6-4-17(5-7-22)24-8-9-25-17/h10,12H,3-9,11H2,1-2H3,(H,19,23). The van der Waals surface area contributed by atoms with Crippen molar-refractivity contribution in [3.8, 4) is 0 Å². The van der Waals surface area contributed by atoms with Crippen LogP contribution in [0.15, 0.2) is 11.2 Å². The number of carbonyl (C=O) groups excluding carboxylic acids is 1. The van der Waals surface area contributed by atoms with Crippen molar-refractivity contribution < 1.29 is 14.3 Å². The Kier molecular flexibility index (Phi) is 6.60.